The minimum absolute atomic E-state index is 0.0527. The van der Waals surface area contributed by atoms with Gasteiger partial charge in [0, 0.05) is 22.6 Å². The fraction of sp³-hybridized carbons (Fsp3) is 0.333. The van der Waals surface area contributed by atoms with Gasteiger partial charge in [0.15, 0.2) is 0 Å². The lowest BCUT2D eigenvalue weighted by Gasteiger charge is -2.17. The van der Waals surface area contributed by atoms with Crippen molar-refractivity contribution in [3.8, 4) is 11.4 Å². The van der Waals surface area contributed by atoms with Crippen LogP contribution in [0.2, 0.25) is 0 Å². The highest BCUT2D eigenvalue weighted by molar-refractivity contribution is 5.55. The Balaban J connectivity index is 2.47. The summed E-state index contributed by atoms with van der Waals surface area (Å²) in [6.07, 6.45) is -2.50. The van der Waals surface area contributed by atoms with E-state index in [-0.39, 0.29) is 16.5 Å². The third-order valence-electron chi connectivity index (χ3n) is 2.95. The summed E-state index contributed by atoms with van der Waals surface area (Å²) in [5, 5.41) is 0. The van der Waals surface area contributed by atoms with Crippen LogP contribution >= 0.6 is 0 Å². The molecule has 106 valence electrons. The molecular formula is C15H16F2N2O. The third-order valence-corrected chi connectivity index (χ3v) is 2.95. The van der Waals surface area contributed by atoms with E-state index in [1.807, 2.05) is 20.8 Å². The van der Waals surface area contributed by atoms with Crippen molar-refractivity contribution in [2.24, 2.45) is 0 Å². The number of rotatable bonds is 2. The van der Waals surface area contributed by atoms with E-state index < -0.39 is 6.43 Å². The first kappa shape index (κ1) is 14.4. The molecule has 0 spiro atoms. The molecule has 1 N–H and O–H groups in total. The van der Waals surface area contributed by atoms with Gasteiger partial charge < -0.3 is 4.98 Å². The lowest BCUT2D eigenvalue weighted by Crippen LogP contribution is -2.19. The molecule has 0 saturated heterocycles. The molecular weight excluding hydrogens is 262 g/mol. The zero-order valence-corrected chi connectivity index (χ0v) is 11.6. The Morgan fingerprint density at radius 1 is 1.15 bits per heavy atom. The minimum Gasteiger partial charge on any atom is -0.307 e. The van der Waals surface area contributed by atoms with Crippen LogP contribution in [0.4, 0.5) is 8.78 Å². The number of aromatic amines is 1. The molecule has 2 aromatic rings. The SMILES string of the molecule is CC(C)(C)c1cc(=O)[nH]c(-c2ccc(C(F)F)cc2)n1. The quantitative estimate of drug-likeness (QED) is 0.911. The van der Waals surface area contributed by atoms with Gasteiger partial charge in [0.2, 0.25) is 0 Å². The normalized spacial score (nSPS) is 11.9. The van der Waals surface area contributed by atoms with E-state index >= 15 is 0 Å². The van der Waals surface area contributed by atoms with Gasteiger partial charge in [-0.05, 0) is 0 Å². The second-order valence-electron chi connectivity index (χ2n) is 5.65. The van der Waals surface area contributed by atoms with Gasteiger partial charge >= 0.3 is 0 Å². The maximum atomic E-state index is 12.5. The van der Waals surface area contributed by atoms with Gasteiger partial charge in [-0.15, -0.1) is 0 Å². The van der Waals surface area contributed by atoms with Gasteiger partial charge in [-0.25, -0.2) is 13.8 Å². The molecule has 2 rings (SSSR count). The Morgan fingerprint density at radius 3 is 2.25 bits per heavy atom. The number of hydrogen-bond donors (Lipinski definition) is 1. The van der Waals surface area contributed by atoms with Crippen molar-refractivity contribution in [1.82, 2.24) is 9.97 Å². The topological polar surface area (TPSA) is 45.8 Å². The molecule has 0 aliphatic carbocycles. The van der Waals surface area contributed by atoms with Crippen LogP contribution in [0.5, 0.6) is 0 Å². The molecule has 0 unspecified atom stereocenters. The summed E-state index contributed by atoms with van der Waals surface area (Å²) >= 11 is 0. The molecule has 3 nitrogen and oxygen atoms in total. The van der Waals surface area contributed by atoms with E-state index in [9.17, 15) is 13.6 Å². The first-order chi connectivity index (χ1) is 9.27. The molecule has 1 heterocycles. The molecule has 20 heavy (non-hydrogen) atoms. The Kier molecular flexibility index (Phi) is 3.70. The zero-order valence-electron chi connectivity index (χ0n) is 11.6. The van der Waals surface area contributed by atoms with Gasteiger partial charge in [0.05, 0.1) is 5.69 Å². The van der Waals surface area contributed by atoms with Gasteiger partial charge in [-0.3, -0.25) is 4.79 Å². The number of alkyl halides is 2. The Bertz CT molecular complexity index is 655. The van der Waals surface area contributed by atoms with Crippen LogP contribution in [0, 0.1) is 0 Å². The number of benzene rings is 1. The molecule has 0 aliphatic rings. The van der Waals surface area contributed by atoms with Gasteiger partial charge in [0.25, 0.3) is 12.0 Å². The highest BCUT2D eigenvalue weighted by Crippen LogP contribution is 2.24. The highest BCUT2D eigenvalue weighted by atomic mass is 19.3. The van der Waals surface area contributed by atoms with Crippen molar-refractivity contribution in [3.05, 3.63) is 51.9 Å². The van der Waals surface area contributed by atoms with Crippen molar-refractivity contribution < 1.29 is 8.78 Å². The standard InChI is InChI=1S/C15H16F2N2O/c1-15(2,3)11-8-12(20)19-14(18-11)10-6-4-9(5-7-10)13(16)17/h4-8,13H,1-3H3,(H,18,19,20). The maximum Gasteiger partial charge on any atom is 0.263 e. The molecule has 0 amide bonds. The fourth-order valence-corrected chi connectivity index (χ4v) is 1.77. The number of halogens is 2. The number of aromatic nitrogens is 2. The van der Waals surface area contributed by atoms with Gasteiger partial charge in [-0.2, -0.15) is 0 Å². The van der Waals surface area contributed by atoms with E-state index in [4.69, 9.17) is 0 Å². The molecule has 5 heteroatoms. The number of hydrogen-bond acceptors (Lipinski definition) is 2. The molecule has 0 aliphatic heterocycles. The van der Waals surface area contributed by atoms with Crippen molar-refractivity contribution in [3.63, 3.8) is 0 Å². The average Bonchev–Trinajstić information content (AvgIpc) is 2.37. The van der Waals surface area contributed by atoms with Gasteiger partial charge in [0.1, 0.15) is 5.82 Å². The molecule has 0 atom stereocenters. The second-order valence-corrected chi connectivity index (χ2v) is 5.65. The molecule has 0 fully saturated rings. The van der Waals surface area contributed by atoms with Crippen LogP contribution in [0.3, 0.4) is 0 Å². The molecule has 0 saturated carbocycles. The fourth-order valence-electron chi connectivity index (χ4n) is 1.77. The van der Waals surface area contributed by atoms with Crippen molar-refractivity contribution in [2.45, 2.75) is 32.6 Å². The lowest BCUT2D eigenvalue weighted by atomic mass is 9.92. The smallest absolute Gasteiger partial charge is 0.263 e. The summed E-state index contributed by atoms with van der Waals surface area (Å²) in [7, 11) is 0. The first-order valence-electron chi connectivity index (χ1n) is 6.28. The average molecular weight is 278 g/mol. The monoisotopic (exact) mass is 278 g/mol. The van der Waals surface area contributed by atoms with E-state index in [2.05, 4.69) is 9.97 Å². The van der Waals surface area contributed by atoms with Crippen LogP contribution < -0.4 is 5.56 Å². The molecule has 0 radical (unpaired) electrons. The van der Waals surface area contributed by atoms with Crippen molar-refractivity contribution in [2.75, 3.05) is 0 Å². The highest BCUT2D eigenvalue weighted by Gasteiger charge is 2.17. The minimum atomic E-state index is -2.50. The summed E-state index contributed by atoms with van der Waals surface area (Å²) in [6.45, 7) is 5.87. The maximum absolute atomic E-state index is 12.5. The number of H-pyrrole nitrogens is 1. The van der Waals surface area contributed by atoms with Crippen LogP contribution in [0.1, 0.15) is 38.5 Å². The lowest BCUT2D eigenvalue weighted by molar-refractivity contribution is 0.151. The van der Waals surface area contributed by atoms with E-state index in [0.717, 1.165) is 0 Å². The Labute approximate surface area is 115 Å². The number of nitrogens with one attached hydrogen (secondary N) is 1. The summed E-state index contributed by atoms with van der Waals surface area (Å²) in [5.74, 6) is 0.392. The van der Waals surface area contributed by atoms with E-state index in [1.165, 1.54) is 30.3 Å². The third kappa shape index (κ3) is 3.10. The first-order valence-corrected chi connectivity index (χ1v) is 6.28. The summed E-state index contributed by atoms with van der Waals surface area (Å²) < 4.78 is 25.0. The number of nitrogens with zero attached hydrogens (tertiary/aromatic N) is 1. The predicted octanol–water partition coefficient (Wildman–Crippen LogP) is 3.67. The van der Waals surface area contributed by atoms with Crippen molar-refractivity contribution in [1.29, 1.82) is 0 Å². The predicted molar refractivity (Wildman–Crippen MR) is 74.0 cm³/mol. The molecule has 1 aromatic carbocycles. The van der Waals surface area contributed by atoms with Crippen LogP contribution in [0.25, 0.3) is 11.4 Å². The Morgan fingerprint density at radius 2 is 1.75 bits per heavy atom. The van der Waals surface area contributed by atoms with E-state index in [0.29, 0.717) is 17.1 Å². The van der Waals surface area contributed by atoms with Crippen molar-refractivity contribution >= 4 is 0 Å². The van der Waals surface area contributed by atoms with Crippen LogP contribution in [-0.2, 0) is 5.41 Å². The Hall–Kier alpha value is -2.04. The summed E-state index contributed by atoms with van der Waals surface area (Å²) in [4.78, 5) is 18.7. The largest absolute Gasteiger partial charge is 0.307 e. The van der Waals surface area contributed by atoms with Gasteiger partial charge in [-0.1, -0.05) is 45.0 Å². The molecule has 1 aromatic heterocycles. The zero-order chi connectivity index (χ0) is 14.9. The van der Waals surface area contributed by atoms with Crippen LogP contribution in [0.15, 0.2) is 35.1 Å². The van der Waals surface area contributed by atoms with E-state index in [1.54, 1.807) is 0 Å². The van der Waals surface area contributed by atoms with Crippen LogP contribution in [-0.4, -0.2) is 9.97 Å². The summed E-state index contributed by atoms with van der Waals surface area (Å²) in [5.41, 5.74) is 0.707. The molecule has 0 bridgehead atoms. The second kappa shape index (κ2) is 5.15. The summed E-state index contributed by atoms with van der Waals surface area (Å²) in [6, 6.07) is 7.20.